The Bertz CT molecular complexity index is 917. The molecule has 1 heterocycles. The second kappa shape index (κ2) is 16.4. The Morgan fingerprint density at radius 1 is 1.06 bits per heavy atom. The van der Waals surface area contributed by atoms with Crippen molar-refractivity contribution in [1.82, 2.24) is 10.6 Å². The van der Waals surface area contributed by atoms with Crippen LogP contribution in [0.15, 0.2) is 66.9 Å². The maximum atomic E-state index is 12.4. The monoisotopic (exact) mass is 480 g/mol. The molecule has 2 amide bonds. The summed E-state index contributed by atoms with van der Waals surface area (Å²) < 4.78 is 10.8. The molecule has 1 aliphatic heterocycles. The Balaban J connectivity index is 1.92. The van der Waals surface area contributed by atoms with Crippen molar-refractivity contribution < 1.29 is 19.1 Å². The Morgan fingerprint density at radius 2 is 1.80 bits per heavy atom. The second-order valence-electron chi connectivity index (χ2n) is 8.41. The first kappa shape index (κ1) is 28.0. The van der Waals surface area contributed by atoms with E-state index in [1.165, 1.54) is 32.6 Å². The highest BCUT2D eigenvalue weighted by Crippen LogP contribution is 2.35. The first-order valence-corrected chi connectivity index (χ1v) is 12.6. The van der Waals surface area contributed by atoms with Gasteiger partial charge in [-0.15, -0.1) is 6.58 Å². The average molecular weight is 481 g/mol. The van der Waals surface area contributed by atoms with Gasteiger partial charge in [-0.05, 0) is 57.1 Å². The van der Waals surface area contributed by atoms with Gasteiger partial charge in [0.15, 0.2) is 0 Å². The molecular weight excluding hydrogens is 440 g/mol. The lowest BCUT2D eigenvalue weighted by molar-refractivity contribution is -0.136. The molecule has 1 aliphatic rings. The number of rotatable bonds is 16. The van der Waals surface area contributed by atoms with Crippen LogP contribution in [0.4, 0.5) is 4.79 Å². The minimum absolute atomic E-state index is 0.352. The molecule has 1 aromatic carbocycles. The largest absolute Gasteiger partial charge is 0.493 e. The van der Waals surface area contributed by atoms with Crippen LogP contribution in [-0.4, -0.2) is 25.7 Å². The zero-order valence-corrected chi connectivity index (χ0v) is 21.2. The fourth-order valence-corrected chi connectivity index (χ4v) is 4.11. The van der Waals surface area contributed by atoms with E-state index in [-0.39, 0.29) is 6.03 Å². The normalized spacial score (nSPS) is 15.5. The zero-order valence-electron chi connectivity index (χ0n) is 21.2. The number of ether oxygens (including phenoxy) is 2. The highest BCUT2D eigenvalue weighted by molar-refractivity contribution is 5.94. The van der Waals surface area contributed by atoms with Gasteiger partial charge in [-0.1, -0.05) is 61.8 Å². The highest BCUT2D eigenvalue weighted by Gasteiger charge is 2.32. The summed E-state index contributed by atoms with van der Waals surface area (Å²) in [6, 6.07) is 4.92. The van der Waals surface area contributed by atoms with E-state index in [0.717, 1.165) is 49.7 Å². The van der Waals surface area contributed by atoms with E-state index < -0.39 is 12.0 Å². The molecule has 1 unspecified atom stereocenters. The molecule has 0 saturated carbocycles. The third-order valence-corrected chi connectivity index (χ3v) is 5.84. The second-order valence-corrected chi connectivity index (χ2v) is 8.41. The molecule has 6 nitrogen and oxygen atoms in total. The van der Waals surface area contributed by atoms with Crippen molar-refractivity contribution in [2.45, 2.75) is 70.8 Å². The number of amides is 2. The summed E-state index contributed by atoms with van der Waals surface area (Å²) in [4.78, 5) is 24.5. The summed E-state index contributed by atoms with van der Waals surface area (Å²) >= 11 is 0. The molecule has 0 fully saturated rings. The van der Waals surface area contributed by atoms with Crippen molar-refractivity contribution in [3.63, 3.8) is 0 Å². The summed E-state index contributed by atoms with van der Waals surface area (Å²) in [6.07, 6.45) is 21.8. The number of allylic oxidation sites excluding steroid dienone is 5. The van der Waals surface area contributed by atoms with Crippen LogP contribution in [0.1, 0.15) is 75.5 Å². The molecule has 0 saturated heterocycles. The third-order valence-electron chi connectivity index (χ3n) is 5.84. The van der Waals surface area contributed by atoms with Gasteiger partial charge in [-0.2, -0.15) is 0 Å². The zero-order chi connectivity index (χ0) is 25.3. The van der Waals surface area contributed by atoms with Crippen LogP contribution >= 0.6 is 0 Å². The first-order valence-electron chi connectivity index (χ1n) is 12.6. The Hall–Kier alpha value is -3.28. The minimum Gasteiger partial charge on any atom is -0.493 e. The number of aryl methyl sites for hydroxylation is 1. The van der Waals surface area contributed by atoms with Gasteiger partial charge >= 0.3 is 12.0 Å². The molecule has 6 heteroatoms. The van der Waals surface area contributed by atoms with E-state index in [4.69, 9.17) is 9.47 Å². The topological polar surface area (TPSA) is 76.7 Å². The van der Waals surface area contributed by atoms with Gasteiger partial charge in [0.25, 0.3) is 0 Å². The van der Waals surface area contributed by atoms with E-state index in [2.05, 4.69) is 47.6 Å². The van der Waals surface area contributed by atoms with Crippen molar-refractivity contribution in [2.75, 3.05) is 13.7 Å². The van der Waals surface area contributed by atoms with Gasteiger partial charge < -0.3 is 20.1 Å². The molecule has 0 spiro atoms. The fourth-order valence-electron chi connectivity index (χ4n) is 4.11. The molecule has 0 aliphatic carbocycles. The van der Waals surface area contributed by atoms with E-state index in [9.17, 15) is 9.59 Å². The summed E-state index contributed by atoms with van der Waals surface area (Å²) in [5, 5.41) is 5.42. The van der Waals surface area contributed by atoms with Crippen molar-refractivity contribution in [3.05, 3.63) is 78.1 Å². The van der Waals surface area contributed by atoms with Crippen molar-refractivity contribution >= 4 is 12.0 Å². The van der Waals surface area contributed by atoms with E-state index in [1.807, 2.05) is 25.1 Å². The van der Waals surface area contributed by atoms with Crippen LogP contribution in [0, 0.1) is 0 Å². The molecule has 2 rings (SSSR count). The predicted octanol–water partition coefficient (Wildman–Crippen LogP) is 6.46. The van der Waals surface area contributed by atoms with E-state index in [1.54, 1.807) is 0 Å². The van der Waals surface area contributed by atoms with E-state index in [0.29, 0.717) is 17.9 Å². The number of hydrogen-bond donors (Lipinski definition) is 2. The molecule has 190 valence electrons. The average Bonchev–Trinajstić information content (AvgIpc) is 2.86. The number of unbranched alkanes of at least 4 members (excludes halogenated alkanes) is 5. The molecule has 0 bridgehead atoms. The van der Waals surface area contributed by atoms with Crippen molar-refractivity contribution in [1.29, 1.82) is 0 Å². The Labute approximate surface area is 210 Å². The Morgan fingerprint density at radius 3 is 2.57 bits per heavy atom. The molecule has 2 N–H and O–H groups in total. The van der Waals surface area contributed by atoms with Gasteiger partial charge in [0.1, 0.15) is 5.75 Å². The number of nitrogens with one attached hydrogen (secondary N) is 2. The van der Waals surface area contributed by atoms with Crippen LogP contribution < -0.4 is 15.4 Å². The van der Waals surface area contributed by atoms with Gasteiger partial charge in [-0.25, -0.2) is 9.59 Å². The van der Waals surface area contributed by atoms with Crippen LogP contribution in [-0.2, 0) is 16.0 Å². The summed E-state index contributed by atoms with van der Waals surface area (Å²) in [5.74, 6) is 0.194. The number of carbonyl (C=O) groups is 2. The molecule has 1 atom stereocenters. The highest BCUT2D eigenvalue weighted by atomic mass is 16.5. The van der Waals surface area contributed by atoms with Crippen LogP contribution in [0.25, 0.3) is 0 Å². The molecule has 0 aromatic heterocycles. The van der Waals surface area contributed by atoms with E-state index >= 15 is 0 Å². The number of esters is 1. The van der Waals surface area contributed by atoms with Crippen LogP contribution in [0.2, 0.25) is 0 Å². The lowest BCUT2D eigenvalue weighted by Gasteiger charge is -2.28. The summed E-state index contributed by atoms with van der Waals surface area (Å²) in [6.45, 7) is 6.12. The maximum absolute atomic E-state index is 12.4. The molecular formula is C29H40N2O4. The molecule has 0 radical (unpaired) electrons. The van der Waals surface area contributed by atoms with Gasteiger partial charge in [0.05, 0.1) is 25.3 Å². The van der Waals surface area contributed by atoms with Crippen molar-refractivity contribution in [3.8, 4) is 5.75 Å². The smallest absolute Gasteiger partial charge is 0.337 e. The molecule has 35 heavy (non-hydrogen) atoms. The summed E-state index contributed by atoms with van der Waals surface area (Å²) in [5.41, 5.74) is 2.25. The van der Waals surface area contributed by atoms with Crippen molar-refractivity contribution in [2.24, 2.45) is 0 Å². The summed E-state index contributed by atoms with van der Waals surface area (Å²) in [7, 11) is 1.34. The quantitative estimate of drug-likeness (QED) is 0.162. The number of methoxy groups -OCH3 is 1. The standard InChI is InChI=1S/C29H40N2O4/c1-4-6-7-8-9-10-11-12-13-14-15-16-17-19-23-20-18-21-25(35-5-2)26(23)27-24(28(32)34-3)22-30-29(33)31-27/h4,7-8,10-11,18,20-22,27H,1,5-6,9,12-17,19H2,2-3H3,(H2,30,31,33)/b8-7-,11-10-. The maximum Gasteiger partial charge on any atom is 0.337 e. The van der Waals surface area contributed by atoms with Crippen LogP contribution in [0.3, 0.4) is 0 Å². The SMILES string of the molecule is C=CC/C=C\C/C=C\CCCCCCCc1cccc(OCC)c1C1NC(=O)NC=C1C(=O)OC. The number of benzene rings is 1. The minimum atomic E-state index is -0.618. The Kier molecular flexibility index (Phi) is 13.1. The number of carbonyl (C=O) groups excluding carboxylic acids is 2. The van der Waals surface area contributed by atoms with Gasteiger partial charge in [-0.3, -0.25) is 0 Å². The van der Waals surface area contributed by atoms with Gasteiger partial charge in [0, 0.05) is 11.8 Å². The number of urea groups is 1. The lowest BCUT2D eigenvalue weighted by Crippen LogP contribution is -2.43. The van der Waals surface area contributed by atoms with Crippen LogP contribution in [0.5, 0.6) is 5.75 Å². The fraction of sp³-hybridized carbons (Fsp3) is 0.448. The van der Waals surface area contributed by atoms with Gasteiger partial charge in [0.2, 0.25) is 0 Å². The predicted molar refractivity (Wildman–Crippen MR) is 141 cm³/mol. The molecule has 1 aromatic rings. The first-order chi connectivity index (χ1) is 17.1. The third kappa shape index (κ3) is 9.47. The lowest BCUT2D eigenvalue weighted by atomic mass is 9.90. The number of hydrogen-bond acceptors (Lipinski definition) is 4.